The highest BCUT2D eigenvalue weighted by atomic mass is 16.1. The zero-order chi connectivity index (χ0) is 23.6. The second-order valence-electron chi connectivity index (χ2n) is 9.15. The molecule has 5 aromatic rings. The maximum absolute atomic E-state index is 14.0. The van der Waals surface area contributed by atoms with Crippen molar-refractivity contribution in [3.63, 3.8) is 0 Å². The number of aromatic nitrogens is 6. The third-order valence-electron chi connectivity index (χ3n) is 6.64. The van der Waals surface area contributed by atoms with Crippen LogP contribution in [0.1, 0.15) is 29.8 Å². The largest absolute Gasteiger partial charge is 0.341 e. The van der Waals surface area contributed by atoms with Crippen LogP contribution in [0.4, 0.5) is 0 Å². The summed E-state index contributed by atoms with van der Waals surface area (Å²) >= 11 is 0. The summed E-state index contributed by atoms with van der Waals surface area (Å²) in [6.45, 7) is 4.64. The molecule has 0 unspecified atom stereocenters. The van der Waals surface area contributed by atoms with Crippen molar-refractivity contribution in [2.24, 2.45) is 13.0 Å². The first-order valence-electron chi connectivity index (χ1n) is 11.4. The fourth-order valence-electron chi connectivity index (χ4n) is 4.66. The lowest BCUT2D eigenvalue weighted by atomic mass is 10.1. The van der Waals surface area contributed by atoms with Crippen LogP contribution in [-0.4, -0.2) is 29.1 Å². The van der Waals surface area contributed by atoms with Gasteiger partial charge >= 0.3 is 0 Å². The molecule has 8 nitrogen and oxygen atoms in total. The minimum atomic E-state index is -0.236. The van der Waals surface area contributed by atoms with Crippen molar-refractivity contribution in [1.29, 1.82) is 5.26 Å². The van der Waals surface area contributed by atoms with Crippen LogP contribution in [0.3, 0.4) is 0 Å². The van der Waals surface area contributed by atoms with Gasteiger partial charge in [0.2, 0.25) is 0 Å². The van der Waals surface area contributed by atoms with Gasteiger partial charge in [0.15, 0.2) is 0 Å². The van der Waals surface area contributed by atoms with Gasteiger partial charge in [-0.2, -0.15) is 20.1 Å². The second-order valence-corrected chi connectivity index (χ2v) is 9.15. The van der Waals surface area contributed by atoms with Crippen LogP contribution < -0.4 is 5.56 Å². The van der Waals surface area contributed by atoms with Gasteiger partial charge in [0.25, 0.3) is 5.56 Å². The Morgan fingerprint density at radius 1 is 1.15 bits per heavy atom. The van der Waals surface area contributed by atoms with E-state index in [1.54, 1.807) is 10.9 Å². The molecule has 0 N–H and O–H groups in total. The van der Waals surface area contributed by atoms with E-state index in [0.717, 1.165) is 52.8 Å². The molecule has 0 saturated heterocycles. The topological polar surface area (TPSA) is 94.3 Å². The van der Waals surface area contributed by atoms with Crippen molar-refractivity contribution < 1.29 is 0 Å². The highest BCUT2D eigenvalue weighted by Crippen LogP contribution is 2.36. The average molecular weight is 450 g/mol. The molecule has 168 valence electrons. The summed E-state index contributed by atoms with van der Waals surface area (Å²) in [4.78, 5) is 18.5. The molecule has 0 bridgehead atoms. The number of hydrogen-bond donors (Lipinski definition) is 0. The van der Waals surface area contributed by atoms with Gasteiger partial charge in [-0.25, -0.2) is 0 Å². The predicted molar refractivity (Wildman–Crippen MR) is 130 cm³/mol. The Labute approximate surface area is 195 Å². The van der Waals surface area contributed by atoms with Crippen LogP contribution in [0.5, 0.6) is 0 Å². The first kappa shape index (κ1) is 20.4. The minimum absolute atomic E-state index is 0.236. The number of nitriles is 1. The average Bonchev–Trinajstić information content (AvgIpc) is 3.50. The van der Waals surface area contributed by atoms with Crippen molar-refractivity contribution in [3.05, 3.63) is 70.0 Å². The van der Waals surface area contributed by atoms with E-state index < -0.39 is 0 Å². The molecule has 34 heavy (non-hydrogen) atoms. The molecule has 4 aromatic heterocycles. The van der Waals surface area contributed by atoms with Crippen LogP contribution in [0.15, 0.2) is 47.5 Å². The van der Waals surface area contributed by atoms with Gasteiger partial charge in [0.1, 0.15) is 17.1 Å². The summed E-state index contributed by atoms with van der Waals surface area (Å²) in [5, 5.41) is 20.1. The Morgan fingerprint density at radius 3 is 2.68 bits per heavy atom. The van der Waals surface area contributed by atoms with E-state index in [1.807, 2.05) is 57.4 Å². The van der Waals surface area contributed by atoms with Gasteiger partial charge in [0.05, 0.1) is 22.3 Å². The van der Waals surface area contributed by atoms with Crippen molar-refractivity contribution in [1.82, 2.24) is 29.1 Å². The molecule has 6 rings (SSSR count). The molecular weight excluding hydrogens is 426 g/mol. The number of hydrogen-bond acceptors (Lipinski definition) is 5. The van der Waals surface area contributed by atoms with E-state index in [0.29, 0.717) is 28.2 Å². The molecule has 0 atom stereocenters. The van der Waals surface area contributed by atoms with Gasteiger partial charge in [-0.1, -0.05) is 6.07 Å². The van der Waals surface area contributed by atoms with Crippen molar-refractivity contribution >= 4 is 21.9 Å². The standard InChI is InChI=1S/C26H23N7O/c1-15-4-7-18(12-28-15)23-25-24(21(11-27)16(2)32(25)13-17-5-6-17)30-33(26(23)34)20-8-9-22-19(10-20)14-31(3)29-22/h4,7-10,12,14,17H,5-6,13H2,1-3H3. The number of fused-ring (bicyclic) bond motifs is 2. The van der Waals surface area contributed by atoms with Crippen LogP contribution in [0.25, 0.3) is 38.8 Å². The van der Waals surface area contributed by atoms with Gasteiger partial charge in [-0.15, -0.1) is 0 Å². The fourth-order valence-corrected chi connectivity index (χ4v) is 4.66. The highest BCUT2D eigenvalue weighted by Gasteiger charge is 2.28. The Morgan fingerprint density at radius 2 is 1.97 bits per heavy atom. The summed E-state index contributed by atoms with van der Waals surface area (Å²) in [6.07, 6.45) is 5.97. The normalized spacial score (nSPS) is 13.6. The molecule has 0 radical (unpaired) electrons. The molecule has 4 heterocycles. The van der Waals surface area contributed by atoms with E-state index in [-0.39, 0.29) is 5.56 Å². The maximum atomic E-state index is 14.0. The molecule has 0 spiro atoms. The lowest BCUT2D eigenvalue weighted by molar-refractivity contribution is 0.632. The monoisotopic (exact) mass is 449 g/mol. The Hall–Kier alpha value is -4.25. The van der Waals surface area contributed by atoms with Crippen LogP contribution in [0, 0.1) is 31.1 Å². The molecule has 8 heteroatoms. The van der Waals surface area contributed by atoms with E-state index >= 15 is 0 Å². The lowest BCUT2D eigenvalue weighted by Gasteiger charge is -2.13. The molecule has 1 saturated carbocycles. The van der Waals surface area contributed by atoms with E-state index in [1.165, 1.54) is 4.68 Å². The van der Waals surface area contributed by atoms with Gasteiger partial charge < -0.3 is 4.57 Å². The van der Waals surface area contributed by atoms with E-state index in [9.17, 15) is 10.1 Å². The molecule has 1 aliphatic rings. The van der Waals surface area contributed by atoms with Crippen molar-refractivity contribution in [3.8, 4) is 22.9 Å². The fraction of sp³-hybridized carbons (Fsp3) is 0.269. The summed E-state index contributed by atoms with van der Waals surface area (Å²) in [5.74, 6) is 0.570. The minimum Gasteiger partial charge on any atom is -0.341 e. The number of benzene rings is 1. The van der Waals surface area contributed by atoms with E-state index in [4.69, 9.17) is 5.10 Å². The zero-order valence-corrected chi connectivity index (χ0v) is 19.3. The Bertz CT molecular complexity index is 1690. The molecule has 0 amide bonds. The van der Waals surface area contributed by atoms with Crippen molar-refractivity contribution in [2.45, 2.75) is 33.2 Å². The second kappa shape index (κ2) is 7.39. The number of rotatable bonds is 4. The molecular formula is C26H23N7O. The lowest BCUT2D eigenvalue weighted by Crippen LogP contribution is -2.24. The van der Waals surface area contributed by atoms with Crippen LogP contribution in [0.2, 0.25) is 0 Å². The summed E-state index contributed by atoms with van der Waals surface area (Å²) in [5.41, 5.74) is 5.97. The Balaban J connectivity index is 1.71. The first-order chi connectivity index (χ1) is 16.4. The summed E-state index contributed by atoms with van der Waals surface area (Å²) in [7, 11) is 1.86. The zero-order valence-electron chi connectivity index (χ0n) is 19.3. The highest BCUT2D eigenvalue weighted by molar-refractivity contribution is 5.96. The SMILES string of the molecule is Cc1ccc(-c2c(=O)n(-c3ccc4nn(C)cc4c3)nc3c(C#N)c(C)n(CC4CC4)c23)cn1. The molecule has 1 aromatic carbocycles. The smallest absolute Gasteiger partial charge is 0.281 e. The van der Waals surface area contributed by atoms with Crippen LogP contribution in [-0.2, 0) is 13.6 Å². The number of nitrogens with zero attached hydrogens (tertiary/aromatic N) is 7. The van der Waals surface area contributed by atoms with Crippen LogP contribution >= 0.6 is 0 Å². The van der Waals surface area contributed by atoms with E-state index in [2.05, 4.69) is 20.7 Å². The third kappa shape index (κ3) is 3.12. The third-order valence-corrected chi connectivity index (χ3v) is 6.64. The summed E-state index contributed by atoms with van der Waals surface area (Å²) in [6, 6.07) is 11.8. The summed E-state index contributed by atoms with van der Waals surface area (Å²) < 4.78 is 5.27. The van der Waals surface area contributed by atoms with Gasteiger partial charge in [0, 0.05) is 48.3 Å². The predicted octanol–water partition coefficient (Wildman–Crippen LogP) is 4.03. The Kier molecular flexibility index (Phi) is 4.42. The van der Waals surface area contributed by atoms with Gasteiger partial charge in [-0.05, 0) is 56.9 Å². The first-order valence-corrected chi connectivity index (χ1v) is 11.4. The molecule has 1 aliphatic carbocycles. The quantitative estimate of drug-likeness (QED) is 0.413. The number of aryl methyl sites for hydroxylation is 2. The number of pyridine rings is 1. The molecule has 0 aliphatic heterocycles. The van der Waals surface area contributed by atoms with Gasteiger partial charge in [-0.3, -0.25) is 14.5 Å². The maximum Gasteiger partial charge on any atom is 0.281 e. The van der Waals surface area contributed by atoms with Crippen molar-refractivity contribution in [2.75, 3.05) is 0 Å². The molecule has 1 fully saturated rings.